The smallest absolute Gasteiger partial charge is 0.183 e. The van der Waals surface area contributed by atoms with E-state index in [1.807, 2.05) is 13.8 Å². The minimum absolute atomic E-state index is 0. The Kier molecular flexibility index (Phi) is 9.17. The Bertz CT molecular complexity index is 179. The van der Waals surface area contributed by atoms with Gasteiger partial charge in [-0.05, 0) is 13.8 Å². The molecule has 13 heavy (non-hydrogen) atoms. The third-order valence-electron chi connectivity index (χ3n) is 1.94. The normalized spacial score (nSPS) is 11.2. The zero-order chi connectivity index (χ0) is 9.56. The number of nitrogens with one attached hydrogen (secondary N) is 1. The summed E-state index contributed by atoms with van der Waals surface area (Å²) in [6, 6.07) is 0. The minimum atomic E-state index is -0.156. The first-order valence-electron chi connectivity index (χ1n) is 4.21. The third-order valence-corrected chi connectivity index (χ3v) is 1.94. The lowest BCUT2D eigenvalue weighted by molar-refractivity contribution is -0.886. The molecule has 0 aliphatic rings. The predicted molar refractivity (Wildman–Crippen MR) is 46.8 cm³/mol. The van der Waals surface area contributed by atoms with Crippen molar-refractivity contribution in [2.45, 2.75) is 20.8 Å². The summed E-state index contributed by atoms with van der Waals surface area (Å²) in [5, 5.41) is 11.5. The lowest BCUT2D eigenvalue weighted by atomic mass is 10.2. The fraction of sp³-hybridized carbons (Fsp3) is 0.750. The molecule has 0 bridgehead atoms. The number of ketones is 1. The topological polar surface area (TPSA) is 54.1 Å². The van der Waals surface area contributed by atoms with Gasteiger partial charge in [-0.1, -0.05) is 5.16 Å². The average Bonchev–Trinajstić information content (AvgIpc) is 2.06. The van der Waals surface area contributed by atoms with E-state index in [-0.39, 0.29) is 23.9 Å². The fourth-order valence-corrected chi connectivity index (χ4v) is 0.967. The van der Waals surface area contributed by atoms with Gasteiger partial charge in [-0.3, -0.25) is 4.79 Å². The van der Waals surface area contributed by atoms with Crippen molar-refractivity contribution in [3.05, 3.63) is 0 Å². The van der Waals surface area contributed by atoms with Crippen molar-refractivity contribution in [3.8, 4) is 0 Å². The molecule has 0 radical (unpaired) electrons. The largest absolute Gasteiger partial charge is 1.00 e. The minimum Gasteiger partial charge on any atom is -1.00 e. The Morgan fingerprint density at radius 3 is 2.08 bits per heavy atom. The molecule has 0 aromatic carbocycles. The first kappa shape index (κ1) is 14.9. The maximum atomic E-state index is 10.8. The number of oxime groups is 1. The van der Waals surface area contributed by atoms with Crippen LogP contribution in [-0.4, -0.2) is 36.3 Å². The van der Waals surface area contributed by atoms with Crippen LogP contribution in [0, 0.1) is 0 Å². The van der Waals surface area contributed by atoms with Gasteiger partial charge in [-0.15, -0.1) is 0 Å². The van der Waals surface area contributed by atoms with E-state index in [4.69, 9.17) is 5.21 Å². The second kappa shape index (κ2) is 8.01. The zero-order valence-corrected chi connectivity index (χ0v) is 9.06. The predicted octanol–water partition coefficient (Wildman–Crippen LogP) is -3.67. The summed E-state index contributed by atoms with van der Waals surface area (Å²) in [6.07, 6.45) is 0. The van der Waals surface area contributed by atoms with E-state index in [0.717, 1.165) is 13.1 Å². The molecule has 0 saturated heterocycles. The highest BCUT2D eigenvalue weighted by Crippen LogP contribution is 1.75. The van der Waals surface area contributed by atoms with Gasteiger partial charge in [0.25, 0.3) is 0 Å². The van der Waals surface area contributed by atoms with Crippen molar-refractivity contribution >= 4 is 11.5 Å². The average molecular weight is 209 g/mol. The van der Waals surface area contributed by atoms with Gasteiger partial charge in [-0.25, -0.2) is 0 Å². The molecule has 0 unspecified atom stereocenters. The van der Waals surface area contributed by atoms with Crippen LogP contribution < -0.4 is 17.3 Å². The van der Waals surface area contributed by atoms with Crippen LogP contribution in [0.5, 0.6) is 0 Å². The van der Waals surface area contributed by atoms with Crippen LogP contribution in [0.2, 0.25) is 0 Å². The van der Waals surface area contributed by atoms with E-state index in [2.05, 4.69) is 5.16 Å². The van der Waals surface area contributed by atoms with Gasteiger partial charge < -0.3 is 22.5 Å². The van der Waals surface area contributed by atoms with E-state index >= 15 is 0 Å². The van der Waals surface area contributed by atoms with Crippen LogP contribution in [0.1, 0.15) is 20.8 Å². The molecule has 0 rings (SSSR count). The number of nitrogens with zero attached hydrogens (tertiary/aromatic N) is 1. The standard InChI is InChI=1S/C8H16N2O2.ClH/c1-4-10(5-2)6-8(9-12)7(3)11;/h12H,4-6H2,1-3H3;1H/b9-8-;. The SMILES string of the molecule is CC[NH+](CC)C/C(=N/O)C(C)=O.[Cl-]. The van der Waals surface area contributed by atoms with Crippen LogP contribution in [0.15, 0.2) is 5.16 Å². The van der Waals surface area contributed by atoms with Gasteiger partial charge in [0.15, 0.2) is 11.5 Å². The van der Waals surface area contributed by atoms with Crippen LogP contribution >= 0.6 is 0 Å². The summed E-state index contributed by atoms with van der Waals surface area (Å²) >= 11 is 0. The molecule has 0 aliphatic carbocycles. The van der Waals surface area contributed by atoms with Gasteiger partial charge in [0.05, 0.1) is 13.1 Å². The number of carbonyl (C=O) groups is 1. The number of carbonyl (C=O) groups excluding carboxylic acids is 1. The van der Waals surface area contributed by atoms with E-state index in [0.29, 0.717) is 6.54 Å². The Morgan fingerprint density at radius 1 is 1.38 bits per heavy atom. The Labute approximate surface area is 85.0 Å². The van der Waals surface area contributed by atoms with E-state index in [9.17, 15) is 4.79 Å². The summed E-state index contributed by atoms with van der Waals surface area (Å²) in [7, 11) is 0. The molecule has 0 aromatic rings. The Hall–Kier alpha value is -0.610. The van der Waals surface area contributed by atoms with Crippen LogP contribution in [0.3, 0.4) is 0 Å². The van der Waals surface area contributed by atoms with Crippen LogP contribution in [0.4, 0.5) is 0 Å². The summed E-state index contributed by atoms with van der Waals surface area (Å²) in [5.74, 6) is -0.156. The second-order valence-electron chi connectivity index (χ2n) is 2.74. The third kappa shape index (κ3) is 5.60. The number of hydrogen-bond acceptors (Lipinski definition) is 3. The second-order valence-corrected chi connectivity index (χ2v) is 2.74. The van der Waals surface area contributed by atoms with Crippen molar-refractivity contribution in [1.29, 1.82) is 0 Å². The first-order valence-corrected chi connectivity index (χ1v) is 4.21. The maximum absolute atomic E-state index is 10.8. The highest BCUT2D eigenvalue weighted by Gasteiger charge is 2.13. The van der Waals surface area contributed by atoms with Crippen molar-refractivity contribution in [2.24, 2.45) is 5.16 Å². The molecular weight excluding hydrogens is 192 g/mol. The Balaban J connectivity index is 0. The van der Waals surface area contributed by atoms with Crippen molar-refractivity contribution in [1.82, 2.24) is 0 Å². The molecule has 0 atom stereocenters. The van der Waals surface area contributed by atoms with Crippen molar-refractivity contribution in [3.63, 3.8) is 0 Å². The number of quaternary nitrogens is 1. The lowest BCUT2D eigenvalue weighted by Gasteiger charge is -2.14. The van der Waals surface area contributed by atoms with Crippen molar-refractivity contribution in [2.75, 3.05) is 19.6 Å². The number of Topliss-reactive ketones (excluding diaryl/α,β-unsaturated/α-hetero) is 1. The van der Waals surface area contributed by atoms with Gasteiger partial charge >= 0.3 is 0 Å². The van der Waals surface area contributed by atoms with Crippen molar-refractivity contribution < 1.29 is 27.3 Å². The molecule has 2 N–H and O–H groups in total. The highest BCUT2D eigenvalue weighted by molar-refractivity contribution is 6.39. The van der Waals surface area contributed by atoms with E-state index in [1.54, 1.807) is 0 Å². The molecule has 0 saturated carbocycles. The molecule has 0 heterocycles. The quantitative estimate of drug-likeness (QED) is 0.278. The summed E-state index contributed by atoms with van der Waals surface area (Å²) < 4.78 is 0. The number of hydrogen-bond donors (Lipinski definition) is 2. The first-order chi connectivity index (χ1) is 5.65. The molecule has 0 fully saturated rings. The van der Waals surface area contributed by atoms with Gasteiger partial charge in [0, 0.05) is 6.92 Å². The highest BCUT2D eigenvalue weighted by atomic mass is 35.5. The Morgan fingerprint density at radius 2 is 1.85 bits per heavy atom. The number of rotatable bonds is 5. The van der Waals surface area contributed by atoms with Gasteiger partial charge in [0.2, 0.25) is 0 Å². The van der Waals surface area contributed by atoms with Gasteiger partial charge in [0.1, 0.15) is 6.54 Å². The number of halogens is 1. The van der Waals surface area contributed by atoms with Crippen LogP contribution in [-0.2, 0) is 4.79 Å². The molecule has 0 aromatic heterocycles. The fourth-order valence-electron chi connectivity index (χ4n) is 0.967. The van der Waals surface area contributed by atoms with Gasteiger partial charge in [-0.2, -0.15) is 0 Å². The summed E-state index contributed by atoms with van der Waals surface area (Å²) in [4.78, 5) is 12.1. The summed E-state index contributed by atoms with van der Waals surface area (Å²) in [5.41, 5.74) is 0.258. The van der Waals surface area contributed by atoms with E-state index < -0.39 is 0 Å². The molecule has 4 nitrogen and oxygen atoms in total. The molecule has 5 heteroatoms. The molecule has 0 amide bonds. The maximum Gasteiger partial charge on any atom is 0.183 e. The monoisotopic (exact) mass is 208 g/mol. The molecule has 0 spiro atoms. The molecular formula is C8H17ClN2O2. The zero-order valence-electron chi connectivity index (χ0n) is 8.30. The molecule has 78 valence electrons. The van der Waals surface area contributed by atoms with E-state index in [1.165, 1.54) is 11.8 Å². The summed E-state index contributed by atoms with van der Waals surface area (Å²) in [6.45, 7) is 7.87. The van der Waals surface area contributed by atoms with Crippen LogP contribution in [0.25, 0.3) is 0 Å². The molecule has 0 aliphatic heterocycles. The lowest BCUT2D eigenvalue weighted by Crippen LogP contribution is -3.12.